The van der Waals surface area contributed by atoms with E-state index < -0.39 is 11.9 Å². The van der Waals surface area contributed by atoms with Crippen molar-refractivity contribution in [3.8, 4) is 0 Å². The summed E-state index contributed by atoms with van der Waals surface area (Å²) in [6.45, 7) is 1.88. The Morgan fingerprint density at radius 1 is 0.909 bits per heavy atom. The quantitative estimate of drug-likeness (QED) is 0.885. The minimum absolute atomic E-state index is 0.112. The molecule has 2 aromatic rings. The third kappa shape index (κ3) is 6.22. The van der Waals surface area contributed by atoms with E-state index in [1.165, 1.54) is 0 Å². The largest absolute Gasteiger partial charge is 0.481 e. The van der Waals surface area contributed by atoms with Gasteiger partial charge in [-0.2, -0.15) is 0 Å². The number of hydrogen-bond acceptors (Lipinski definition) is 2. The molecule has 0 aliphatic heterocycles. The van der Waals surface area contributed by atoms with Crippen LogP contribution in [0.25, 0.3) is 0 Å². The number of hydrogen-bond donors (Lipinski definition) is 2. The van der Waals surface area contributed by atoms with Crippen LogP contribution in [-0.4, -0.2) is 22.2 Å². The molecule has 0 spiro atoms. The van der Waals surface area contributed by atoms with E-state index in [4.69, 9.17) is 10.2 Å². The number of rotatable bonds is 5. The minimum Gasteiger partial charge on any atom is -0.481 e. The van der Waals surface area contributed by atoms with Gasteiger partial charge >= 0.3 is 11.9 Å². The third-order valence-electron chi connectivity index (χ3n) is 3.11. The van der Waals surface area contributed by atoms with Gasteiger partial charge in [-0.1, -0.05) is 67.6 Å². The molecule has 1 unspecified atom stereocenters. The van der Waals surface area contributed by atoms with E-state index in [0.717, 1.165) is 11.1 Å². The van der Waals surface area contributed by atoms with Crippen molar-refractivity contribution in [1.29, 1.82) is 0 Å². The van der Waals surface area contributed by atoms with Gasteiger partial charge in [0.05, 0.1) is 12.3 Å². The second-order valence-electron chi connectivity index (χ2n) is 4.77. The number of carbonyl (C=O) groups is 2. The molecule has 4 nitrogen and oxygen atoms in total. The molecule has 2 aromatic carbocycles. The third-order valence-corrected chi connectivity index (χ3v) is 3.11. The second kappa shape index (κ2) is 9.34. The highest BCUT2D eigenvalue weighted by Gasteiger charge is 2.16. The van der Waals surface area contributed by atoms with Crippen molar-refractivity contribution in [2.45, 2.75) is 25.7 Å². The normalized spacial score (nSPS) is 11.0. The lowest BCUT2D eigenvalue weighted by Gasteiger charge is -2.08. The first kappa shape index (κ1) is 17.4. The Labute approximate surface area is 130 Å². The van der Waals surface area contributed by atoms with E-state index in [1.54, 1.807) is 12.1 Å². The van der Waals surface area contributed by atoms with Gasteiger partial charge in [0.15, 0.2) is 0 Å². The maximum atomic E-state index is 10.7. The molecule has 0 aliphatic rings. The SMILES string of the molecule is CCC(C(=O)O)c1ccccc1.O=C(O)Cc1ccccc1. The molecule has 2 rings (SSSR count). The van der Waals surface area contributed by atoms with Gasteiger partial charge in [-0.3, -0.25) is 9.59 Å². The predicted molar refractivity (Wildman–Crippen MR) is 84.9 cm³/mol. The molecule has 2 N–H and O–H groups in total. The summed E-state index contributed by atoms with van der Waals surface area (Å²) in [6, 6.07) is 18.4. The maximum Gasteiger partial charge on any atom is 0.310 e. The molecule has 0 heterocycles. The summed E-state index contributed by atoms with van der Waals surface area (Å²) in [5.74, 6) is -1.89. The van der Waals surface area contributed by atoms with Crippen LogP contribution in [0.3, 0.4) is 0 Å². The van der Waals surface area contributed by atoms with Gasteiger partial charge in [0, 0.05) is 0 Å². The van der Waals surface area contributed by atoms with Crippen molar-refractivity contribution in [3.05, 3.63) is 71.8 Å². The Bertz CT molecular complexity index is 579. The first-order valence-electron chi connectivity index (χ1n) is 7.08. The number of benzene rings is 2. The van der Waals surface area contributed by atoms with Gasteiger partial charge in [-0.25, -0.2) is 0 Å². The van der Waals surface area contributed by atoms with Crippen molar-refractivity contribution >= 4 is 11.9 Å². The van der Waals surface area contributed by atoms with E-state index in [0.29, 0.717) is 6.42 Å². The second-order valence-corrected chi connectivity index (χ2v) is 4.77. The molecule has 22 heavy (non-hydrogen) atoms. The van der Waals surface area contributed by atoms with Gasteiger partial charge < -0.3 is 10.2 Å². The van der Waals surface area contributed by atoms with Crippen LogP contribution >= 0.6 is 0 Å². The summed E-state index contributed by atoms with van der Waals surface area (Å²) in [6.07, 6.45) is 0.750. The van der Waals surface area contributed by atoms with Crippen molar-refractivity contribution in [2.24, 2.45) is 0 Å². The van der Waals surface area contributed by atoms with Crippen LogP contribution in [0, 0.1) is 0 Å². The molecule has 0 amide bonds. The Balaban J connectivity index is 0.000000224. The Morgan fingerprint density at radius 2 is 1.41 bits per heavy atom. The average molecular weight is 300 g/mol. The zero-order valence-electron chi connectivity index (χ0n) is 12.5. The Morgan fingerprint density at radius 3 is 1.82 bits per heavy atom. The maximum absolute atomic E-state index is 10.7. The van der Waals surface area contributed by atoms with E-state index in [-0.39, 0.29) is 12.3 Å². The van der Waals surface area contributed by atoms with Crippen LogP contribution in [-0.2, 0) is 16.0 Å². The van der Waals surface area contributed by atoms with Crippen LogP contribution in [0.15, 0.2) is 60.7 Å². The lowest BCUT2D eigenvalue weighted by molar-refractivity contribution is -0.139. The Kier molecular flexibility index (Phi) is 7.40. The molecule has 116 valence electrons. The first-order valence-corrected chi connectivity index (χ1v) is 7.08. The zero-order chi connectivity index (χ0) is 16.4. The average Bonchev–Trinajstić information content (AvgIpc) is 2.50. The highest BCUT2D eigenvalue weighted by Crippen LogP contribution is 2.18. The first-order chi connectivity index (χ1) is 10.5. The summed E-state index contributed by atoms with van der Waals surface area (Å²) in [5, 5.41) is 17.2. The monoisotopic (exact) mass is 300 g/mol. The lowest BCUT2D eigenvalue weighted by Crippen LogP contribution is -2.09. The molecular weight excluding hydrogens is 280 g/mol. The van der Waals surface area contributed by atoms with Gasteiger partial charge in [0.25, 0.3) is 0 Å². The van der Waals surface area contributed by atoms with Crippen LogP contribution in [0.4, 0.5) is 0 Å². The van der Waals surface area contributed by atoms with Crippen molar-refractivity contribution in [2.75, 3.05) is 0 Å². The zero-order valence-corrected chi connectivity index (χ0v) is 12.5. The molecule has 4 heteroatoms. The van der Waals surface area contributed by atoms with Crippen LogP contribution in [0.5, 0.6) is 0 Å². The Hall–Kier alpha value is -2.62. The van der Waals surface area contributed by atoms with Gasteiger partial charge in [-0.05, 0) is 17.5 Å². The van der Waals surface area contributed by atoms with Crippen LogP contribution in [0.1, 0.15) is 30.4 Å². The fourth-order valence-corrected chi connectivity index (χ4v) is 2.01. The van der Waals surface area contributed by atoms with Crippen molar-refractivity contribution in [1.82, 2.24) is 0 Å². The van der Waals surface area contributed by atoms with Gasteiger partial charge in [0.2, 0.25) is 0 Å². The predicted octanol–water partition coefficient (Wildman–Crippen LogP) is 3.58. The summed E-state index contributed by atoms with van der Waals surface area (Å²) >= 11 is 0. The van der Waals surface area contributed by atoms with E-state index in [1.807, 2.05) is 55.5 Å². The summed E-state index contributed by atoms with van der Waals surface area (Å²) in [4.78, 5) is 20.9. The standard InChI is InChI=1S/C10H12O2.C8H8O2/c1-2-9(10(11)12)8-6-4-3-5-7-8;9-8(10)6-7-4-2-1-3-5-7/h3-7,9H,2H2,1H3,(H,11,12);1-5H,6H2,(H,9,10). The lowest BCUT2D eigenvalue weighted by atomic mass is 9.97. The summed E-state index contributed by atoms with van der Waals surface area (Å²) in [7, 11) is 0. The van der Waals surface area contributed by atoms with Crippen molar-refractivity contribution in [3.63, 3.8) is 0 Å². The molecule has 0 radical (unpaired) electrons. The van der Waals surface area contributed by atoms with E-state index >= 15 is 0 Å². The molecule has 0 saturated carbocycles. The summed E-state index contributed by atoms with van der Waals surface area (Å²) in [5.41, 5.74) is 1.72. The fourth-order valence-electron chi connectivity index (χ4n) is 2.01. The van der Waals surface area contributed by atoms with Crippen LogP contribution in [0.2, 0.25) is 0 Å². The fraction of sp³-hybridized carbons (Fsp3) is 0.222. The highest BCUT2D eigenvalue weighted by atomic mass is 16.4. The molecule has 0 fully saturated rings. The number of aliphatic carboxylic acids is 2. The highest BCUT2D eigenvalue weighted by molar-refractivity contribution is 5.75. The smallest absolute Gasteiger partial charge is 0.310 e. The van der Waals surface area contributed by atoms with E-state index in [2.05, 4.69) is 0 Å². The molecule has 1 atom stereocenters. The molecule has 0 bridgehead atoms. The minimum atomic E-state index is -0.786. The topological polar surface area (TPSA) is 74.6 Å². The van der Waals surface area contributed by atoms with Crippen LogP contribution < -0.4 is 0 Å². The molecular formula is C18H20O4. The molecule has 0 saturated heterocycles. The molecule has 0 aromatic heterocycles. The number of carboxylic acids is 2. The van der Waals surface area contributed by atoms with Gasteiger partial charge in [-0.15, -0.1) is 0 Å². The number of carboxylic acid groups (broad SMARTS) is 2. The van der Waals surface area contributed by atoms with Crippen molar-refractivity contribution < 1.29 is 19.8 Å². The van der Waals surface area contributed by atoms with Gasteiger partial charge in [0.1, 0.15) is 0 Å². The summed E-state index contributed by atoms with van der Waals surface area (Å²) < 4.78 is 0. The van der Waals surface area contributed by atoms with E-state index in [9.17, 15) is 9.59 Å². The molecule has 0 aliphatic carbocycles.